The molecule has 1 aliphatic rings. The Morgan fingerprint density at radius 2 is 1.36 bits per heavy atom. The van der Waals surface area contributed by atoms with Gasteiger partial charge in [0.05, 0.1) is 0 Å². The summed E-state index contributed by atoms with van der Waals surface area (Å²) in [5, 5.41) is 11.8. The third-order valence-electron chi connectivity index (χ3n) is 6.46. The molecule has 39 heavy (non-hydrogen) atoms. The maximum Gasteiger partial charge on any atom is 0.407 e. The van der Waals surface area contributed by atoms with Crippen LogP contribution in [0.15, 0.2) is 48.5 Å². The highest BCUT2D eigenvalue weighted by molar-refractivity contribution is 5.83. The molecule has 0 unspecified atom stereocenters. The summed E-state index contributed by atoms with van der Waals surface area (Å²) in [7, 11) is 0. The van der Waals surface area contributed by atoms with Gasteiger partial charge in [-0.25, -0.2) is 4.79 Å². The standard InChI is InChI=1S/C29H37N3O7/c1-3-14-31(15-4-2)26(33)19-38-20-27(34)32(17-28(35)36)16-13-30-29(37)39-18-25-23-11-7-5-9-21(23)22-10-6-8-12-24(22)25/h5-12,25H,3-4,13-20H2,1-2H3,(H,30,37)(H,35,36). The predicted octanol–water partition coefficient (Wildman–Crippen LogP) is 3.10. The quantitative estimate of drug-likeness (QED) is 0.356. The molecular weight excluding hydrogens is 502 g/mol. The summed E-state index contributed by atoms with van der Waals surface area (Å²) in [5.74, 6) is -2.08. The largest absolute Gasteiger partial charge is 0.480 e. The summed E-state index contributed by atoms with van der Waals surface area (Å²) < 4.78 is 10.8. The molecule has 0 spiro atoms. The van der Waals surface area contributed by atoms with Crippen molar-refractivity contribution in [3.8, 4) is 11.1 Å². The van der Waals surface area contributed by atoms with Gasteiger partial charge in [-0.1, -0.05) is 62.4 Å². The van der Waals surface area contributed by atoms with Gasteiger partial charge in [0, 0.05) is 32.1 Å². The lowest BCUT2D eigenvalue weighted by Crippen LogP contribution is -2.43. The first-order valence-corrected chi connectivity index (χ1v) is 13.3. The number of carbonyl (C=O) groups excluding carboxylic acids is 3. The number of aliphatic carboxylic acids is 1. The van der Waals surface area contributed by atoms with Gasteiger partial charge in [0.15, 0.2) is 0 Å². The smallest absolute Gasteiger partial charge is 0.407 e. The molecule has 0 fully saturated rings. The van der Waals surface area contributed by atoms with E-state index < -0.39 is 31.1 Å². The van der Waals surface area contributed by atoms with Crippen LogP contribution in [0, 0.1) is 0 Å². The first-order valence-electron chi connectivity index (χ1n) is 13.3. The Balaban J connectivity index is 1.45. The molecule has 2 aromatic carbocycles. The molecule has 1 aliphatic carbocycles. The number of nitrogens with zero attached hydrogens (tertiary/aromatic N) is 2. The molecule has 10 heteroatoms. The van der Waals surface area contributed by atoms with Crippen molar-refractivity contribution in [3.05, 3.63) is 59.7 Å². The number of fused-ring (bicyclic) bond motifs is 3. The van der Waals surface area contributed by atoms with Gasteiger partial charge in [0.1, 0.15) is 26.4 Å². The van der Waals surface area contributed by atoms with Crippen molar-refractivity contribution in [1.82, 2.24) is 15.1 Å². The molecule has 0 aliphatic heterocycles. The summed E-state index contributed by atoms with van der Waals surface area (Å²) in [6.45, 7) is 4.00. The number of ether oxygens (including phenoxy) is 2. The van der Waals surface area contributed by atoms with E-state index in [2.05, 4.69) is 5.32 Å². The first kappa shape index (κ1) is 29.6. The fourth-order valence-corrected chi connectivity index (χ4v) is 4.71. The monoisotopic (exact) mass is 539 g/mol. The summed E-state index contributed by atoms with van der Waals surface area (Å²) in [5.41, 5.74) is 4.43. The van der Waals surface area contributed by atoms with E-state index in [1.54, 1.807) is 4.90 Å². The molecule has 2 N–H and O–H groups in total. The fourth-order valence-electron chi connectivity index (χ4n) is 4.71. The number of nitrogens with one attached hydrogen (secondary N) is 1. The zero-order chi connectivity index (χ0) is 28.2. The zero-order valence-electron chi connectivity index (χ0n) is 22.6. The lowest BCUT2D eigenvalue weighted by atomic mass is 9.98. The molecule has 0 aromatic heterocycles. The molecule has 0 saturated carbocycles. The summed E-state index contributed by atoms with van der Waals surface area (Å²) in [4.78, 5) is 51.3. The van der Waals surface area contributed by atoms with E-state index in [0.29, 0.717) is 13.1 Å². The number of rotatable bonds is 15. The minimum Gasteiger partial charge on any atom is -0.480 e. The second-order valence-corrected chi connectivity index (χ2v) is 9.33. The van der Waals surface area contributed by atoms with Crippen molar-refractivity contribution in [2.24, 2.45) is 0 Å². The van der Waals surface area contributed by atoms with E-state index in [1.165, 1.54) is 0 Å². The molecule has 0 saturated heterocycles. The third-order valence-corrected chi connectivity index (χ3v) is 6.46. The Bertz CT molecular complexity index is 1100. The molecule has 0 bridgehead atoms. The fraction of sp³-hybridized carbons (Fsp3) is 0.448. The number of alkyl carbamates (subject to hydrolysis) is 1. The van der Waals surface area contributed by atoms with Crippen LogP contribution in [0.2, 0.25) is 0 Å². The van der Waals surface area contributed by atoms with Crippen LogP contribution in [0.4, 0.5) is 4.79 Å². The summed E-state index contributed by atoms with van der Waals surface area (Å²) in [6.07, 6.45) is 0.968. The Hall–Kier alpha value is -3.92. The second-order valence-electron chi connectivity index (χ2n) is 9.33. The molecule has 0 radical (unpaired) electrons. The van der Waals surface area contributed by atoms with Gasteiger partial charge in [-0.05, 0) is 35.1 Å². The Morgan fingerprint density at radius 1 is 0.821 bits per heavy atom. The van der Waals surface area contributed by atoms with Crippen molar-refractivity contribution in [2.75, 3.05) is 52.5 Å². The highest BCUT2D eigenvalue weighted by atomic mass is 16.5. The van der Waals surface area contributed by atoms with Gasteiger partial charge in [0.2, 0.25) is 11.8 Å². The van der Waals surface area contributed by atoms with Gasteiger partial charge in [0.25, 0.3) is 0 Å². The highest BCUT2D eigenvalue weighted by Crippen LogP contribution is 2.44. The SMILES string of the molecule is CCCN(CCC)C(=O)COCC(=O)N(CCNC(=O)OCC1c2ccccc2-c2ccccc21)CC(=O)O. The van der Waals surface area contributed by atoms with Crippen LogP contribution >= 0.6 is 0 Å². The average molecular weight is 540 g/mol. The van der Waals surface area contributed by atoms with Crippen LogP contribution in [-0.4, -0.2) is 91.3 Å². The zero-order valence-corrected chi connectivity index (χ0v) is 22.6. The van der Waals surface area contributed by atoms with Crippen molar-refractivity contribution >= 4 is 23.9 Å². The van der Waals surface area contributed by atoms with Gasteiger partial charge in [-0.15, -0.1) is 0 Å². The van der Waals surface area contributed by atoms with Crippen LogP contribution in [0.1, 0.15) is 43.7 Å². The van der Waals surface area contributed by atoms with E-state index in [-0.39, 0.29) is 38.1 Å². The van der Waals surface area contributed by atoms with E-state index in [9.17, 15) is 24.3 Å². The molecule has 0 heterocycles. The van der Waals surface area contributed by atoms with E-state index in [1.807, 2.05) is 62.4 Å². The van der Waals surface area contributed by atoms with Crippen molar-refractivity contribution in [1.29, 1.82) is 0 Å². The normalized spacial score (nSPS) is 11.8. The molecule has 0 atom stereocenters. The molecular formula is C29H37N3O7. The van der Waals surface area contributed by atoms with Gasteiger partial charge >= 0.3 is 12.1 Å². The first-order chi connectivity index (χ1) is 18.8. The lowest BCUT2D eigenvalue weighted by Gasteiger charge is -2.23. The van der Waals surface area contributed by atoms with E-state index >= 15 is 0 Å². The van der Waals surface area contributed by atoms with Gasteiger partial charge < -0.3 is 29.7 Å². The molecule has 10 nitrogen and oxygen atoms in total. The number of carbonyl (C=O) groups is 4. The number of carboxylic acids is 1. The number of hydrogen-bond acceptors (Lipinski definition) is 6. The maximum absolute atomic E-state index is 12.6. The van der Waals surface area contributed by atoms with Crippen LogP contribution < -0.4 is 5.32 Å². The molecule has 210 valence electrons. The predicted molar refractivity (Wildman–Crippen MR) is 145 cm³/mol. The summed E-state index contributed by atoms with van der Waals surface area (Å²) in [6, 6.07) is 16.0. The summed E-state index contributed by atoms with van der Waals surface area (Å²) >= 11 is 0. The Kier molecular flexibility index (Phi) is 11.3. The minimum absolute atomic E-state index is 0.00456. The van der Waals surface area contributed by atoms with Crippen molar-refractivity contribution in [2.45, 2.75) is 32.6 Å². The number of hydrogen-bond donors (Lipinski definition) is 2. The van der Waals surface area contributed by atoms with Crippen molar-refractivity contribution in [3.63, 3.8) is 0 Å². The van der Waals surface area contributed by atoms with E-state index in [0.717, 1.165) is 40.0 Å². The Labute approximate surface area is 228 Å². The number of amides is 3. The minimum atomic E-state index is -1.20. The number of carboxylic acid groups (broad SMARTS) is 1. The molecule has 3 rings (SSSR count). The number of benzene rings is 2. The van der Waals surface area contributed by atoms with Crippen LogP contribution in [0.25, 0.3) is 11.1 Å². The van der Waals surface area contributed by atoms with Crippen LogP contribution in [-0.2, 0) is 23.9 Å². The van der Waals surface area contributed by atoms with E-state index in [4.69, 9.17) is 9.47 Å². The third kappa shape index (κ3) is 8.28. The second kappa shape index (κ2) is 14.9. The van der Waals surface area contributed by atoms with Crippen LogP contribution in [0.3, 0.4) is 0 Å². The Morgan fingerprint density at radius 3 is 1.90 bits per heavy atom. The van der Waals surface area contributed by atoms with Crippen LogP contribution in [0.5, 0.6) is 0 Å². The topological polar surface area (TPSA) is 125 Å². The average Bonchev–Trinajstić information content (AvgIpc) is 3.24. The maximum atomic E-state index is 12.6. The molecule has 2 aromatic rings. The molecule has 3 amide bonds. The van der Waals surface area contributed by atoms with Gasteiger partial charge in [-0.3, -0.25) is 14.4 Å². The van der Waals surface area contributed by atoms with Gasteiger partial charge in [-0.2, -0.15) is 0 Å². The highest BCUT2D eigenvalue weighted by Gasteiger charge is 2.29. The van der Waals surface area contributed by atoms with Crippen molar-refractivity contribution < 1.29 is 33.8 Å². The lowest BCUT2D eigenvalue weighted by molar-refractivity contribution is -0.148.